The zero-order valence-electron chi connectivity index (χ0n) is 9.81. The first-order valence-corrected chi connectivity index (χ1v) is 6.75. The van der Waals surface area contributed by atoms with Gasteiger partial charge in [0.1, 0.15) is 0 Å². The molecule has 1 aromatic rings. The maximum Gasteiger partial charge on any atom is 0.321 e. The first-order chi connectivity index (χ1) is 8.63. The average molecular weight is 269 g/mol. The fourth-order valence-electron chi connectivity index (χ4n) is 1.45. The summed E-state index contributed by atoms with van der Waals surface area (Å²) in [6.45, 7) is 0. The van der Waals surface area contributed by atoms with Crippen LogP contribution in [0.25, 0.3) is 0 Å². The third-order valence-electron chi connectivity index (χ3n) is 2.51. The molecule has 18 heavy (non-hydrogen) atoms. The maximum absolute atomic E-state index is 11.4. The number of thiazole rings is 1. The largest absolute Gasteiger partial charge is 0.481 e. The lowest BCUT2D eigenvalue weighted by molar-refractivity contribution is -0.137. The van der Waals surface area contributed by atoms with E-state index in [1.807, 2.05) is 5.38 Å². The van der Waals surface area contributed by atoms with E-state index in [0.717, 1.165) is 18.5 Å². The Morgan fingerprint density at radius 2 is 2.28 bits per heavy atom. The van der Waals surface area contributed by atoms with Crippen LogP contribution in [0.15, 0.2) is 5.38 Å². The monoisotopic (exact) mass is 269 g/mol. The molecule has 3 N–H and O–H groups in total. The second-order valence-corrected chi connectivity index (χ2v) is 5.12. The van der Waals surface area contributed by atoms with Gasteiger partial charge >= 0.3 is 12.0 Å². The normalized spacial score (nSPS) is 14.2. The molecule has 0 unspecified atom stereocenters. The number of aryl methyl sites for hydroxylation is 1. The van der Waals surface area contributed by atoms with Crippen molar-refractivity contribution in [1.29, 1.82) is 0 Å². The van der Waals surface area contributed by atoms with E-state index in [-0.39, 0.29) is 12.5 Å². The maximum atomic E-state index is 11.4. The van der Waals surface area contributed by atoms with E-state index in [9.17, 15) is 9.59 Å². The number of aliphatic carboxylic acids is 1. The Hall–Kier alpha value is -1.63. The number of hydrogen-bond acceptors (Lipinski definition) is 4. The number of carbonyl (C=O) groups is 2. The molecule has 2 amide bonds. The molecular weight excluding hydrogens is 254 g/mol. The van der Waals surface area contributed by atoms with Crippen LogP contribution >= 0.6 is 11.3 Å². The first-order valence-electron chi connectivity index (χ1n) is 5.87. The molecule has 98 valence electrons. The average Bonchev–Trinajstić information content (AvgIpc) is 2.98. The second-order valence-electron chi connectivity index (χ2n) is 4.26. The number of amides is 2. The van der Waals surface area contributed by atoms with E-state index in [2.05, 4.69) is 15.6 Å². The van der Waals surface area contributed by atoms with E-state index in [0.29, 0.717) is 24.0 Å². The molecule has 1 fully saturated rings. The number of anilines is 1. The van der Waals surface area contributed by atoms with E-state index in [1.165, 1.54) is 11.3 Å². The van der Waals surface area contributed by atoms with Crippen molar-refractivity contribution in [3.05, 3.63) is 11.1 Å². The highest BCUT2D eigenvalue weighted by Crippen LogP contribution is 2.20. The van der Waals surface area contributed by atoms with Gasteiger partial charge in [-0.05, 0) is 25.7 Å². The van der Waals surface area contributed by atoms with Gasteiger partial charge in [0.25, 0.3) is 0 Å². The Morgan fingerprint density at radius 1 is 1.50 bits per heavy atom. The Balaban J connectivity index is 1.74. The fourth-order valence-corrected chi connectivity index (χ4v) is 2.19. The van der Waals surface area contributed by atoms with Crippen LogP contribution in [0.2, 0.25) is 0 Å². The standard InChI is InChI=1S/C11H15N3O3S/c15-9(16)3-1-2-8-6-18-11(13-8)14-10(17)12-7-4-5-7/h6-7H,1-5H2,(H,15,16)(H2,12,13,14,17). The van der Waals surface area contributed by atoms with Gasteiger partial charge in [0.05, 0.1) is 5.69 Å². The molecule has 1 aliphatic carbocycles. The molecule has 0 radical (unpaired) electrons. The van der Waals surface area contributed by atoms with Crippen molar-refractivity contribution in [1.82, 2.24) is 10.3 Å². The predicted octanol–water partition coefficient (Wildman–Crippen LogP) is 1.83. The van der Waals surface area contributed by atoms with Gasteiger partial charge in [0.15, 0.2) is 5.13 Å². The lowest BCUT2D eigenvalue weighted by atomic mass is 10.2. The molecule has 7 heteroatoms. The summed E-state index contributed by atoms with van der Waals surface area (Å²) in [5.74, 6) is -0.799. The lowest BCUT2D eigenvalue weighted by Crippen LogP contribution is -2.30. The minimum atomic E-state index is -0.799. The summed E-state index contributed by atoms with van der Waals surface area (Å²) in [7, 11) is 0. The number of hydrogen-bond donors (Lipinski definition) is 3. The third-order valence-corrected chi connectivity index (χ3v) is 3.31. The molecule has 6 nitrogen and oxygen atoms in total. The van der Waals surface area contributed by atoms with Crippen LogP contribution < -0.4 is 10.6 Å². The highest BCUT2D eigenvalue weighted by molar-refractivity contribution is 7.13. The number of nitrogens with one attached hydrogen (secondary N) is 2. The van der Waals surface area contributed by atoms with Crippen LogP contribution in [-0.4, -0.2) is 28.1 Å². The molecule has 0 atom stereocenters. The minimum absolute atomic E-state index is 0.141. The van der Waals surface area contributed by atoms with Crippen LogP contribution in [0.4, 0.5) is 9.93 Å². The highest BCUT2D eigenvalue weighted by atomic mass is 32.1. The summed E-state index contributed by atoms with van der Waals surface area (Å²) in [6.07, 6.45) is 3.42. The third kappa shape index (κ3) is 4.33. The Morgan fingerprint density at radius 3 is 2.94 bits per heavy atom. The molecule has 1 heterocycles. The number of carboxylic acids is 1. The quantitative estimate of drug-likeness (QED) is 0.734. The van der Waals surface area contributed by atoms with Gasteiger partial charge in [-0.3, -0.25) is 10.1 Å². The van der Waals surface area contributed by atoms with E-state index in [1.54, 1.807) is 0 Å². The number of nitrogens with zero attached hydrogens (tertiary/aromatic N) is 1. The summed E-state index contributed by atoms with van der Waals surface area (Å²) in [6, 6.07) is 0.101. The predicted molar refractivity (Wildman–Crippen MR) is 67.9 cm³/mol. The van der Waals surface area contributed by atoms with Gasteiger partial charge in [-0.1, -0.05) is 0 Å². The van der Waals surface area contributed by atoms with Gasteiger partial charge in [0.2, 0.25) is 0 Å². The smallest absolute Gasteiger partial charge is 0.321 e. The lowest BCUT2D eigenvalue weighted by Gasteiger charge is -2.02. The molecule has 1 aromatic heterocycles. The molecule has 0 saturated heterocycles. The molecule has 1 aliphatic rings. The van der Waals surface area contributed by atoms with Crippen molar-refractivity contribution in [2.45, 2.75) is 38.1 Å². The summed E-state index contributed by atoms with van der Waals surface area (Å²) < 4.78 is 0. The van der Waals surface area contributed by atoms with Gasteiger partial charge in [-0.25, -0.2) is 9.78 Å². The Kier molecular flexibility index (Phi) is 4.14. The van der Waals surface area contributed by atoms with Gasteiger partial charge in [-0.15, -0.1) is 11.3 Å². The van der Waals surface area contributed by atoms with Crippen molar-refractivity contribution in [3.8, 4) is 0 Å². The van der Waals surface area contributed by atoms with Gasteiger partial charge in [-0.2, -0.15) is 0 Å². The zero-order valence-corrected chi connectivity index (χ0v) is 10.6. The molecule has 0 bridgehead atoms. The van der Waals surface area contributed by atoms with Crippen LogP contribution in [0.3, 0.4) is 0 Å². The summed E-state index contributed by atoms with van der Waals surface area (Å²) in [4.78, 5) is 26.0. The minimum Gasteiger partial charge on any atom is -0.481 e. The van der Waals surface area contributed by atoms with Crippen molar-refractivity contribution in [3.63, 3.8) is 0 Å². The van der Waals surface area contributed by atoms with Crippen LogP contribution in [0.5, 0.6) is 0 Å². The van der Waals surface area contributed by atoms with Crippen molar-refractivity contribution in [2.24, 2.45) is 0 Å². The molecule has 2 rings (SSSR count). The van der Waals surface area contributed by atoms with E-state index >= 15 is 0 Å². The van der Waals surface area contributed by atoms with Crippen LogP contribution in [-0.2, 0) is 11.2 Å². The van der Waals surface area contributed by atoms with Gasteiger partial charge < -0.3 is 10.4 Å². The Labute approximate surface area is 108 Å². The Bertz CT molecular complexity index is 442. The molecule has 0 aromatic carbocycles. The molecule has 0 spiro atoms. The van der Waals surface area contributed by atoms with Crippen molar-refractivity contribution < 1.29 is 14.7 Å². The SMILES string of the molecule is O=C(O)CCCc1csc(NC(=O)NC2CC2)n1. The van der Waals surface area contributed by atoms with Crippen molar-refractivity contribution in [2.75, 3.05) is 5.32 Å². The van der Waals surface area contributed by atoms with E-state index in [4.69, 9.17) is 5.11 Å². The molecule has 1 saturated carbocycles. The topological polar surface area (TPSA) is 91.3 Å². The summed E-state index contributed by atoms with van der Waals surface area (Å²) in [5, 5.41) is 16.4. The van der Waals surface area contributed by atoms with Crippen molar-refractivity contribution >= 4 is 28.5 Å². The molecule has 0 aliphatic heterocycles. The summed E-state index contributed by atoms with van der Waals surface area (Å²) in [5.41, 5.74) is 0.822. The number of rotatable bonds is 6. The number of carboxylic acid groups (broad SMARTS) is 1. The number of aromatic nitrogens is 1. The second kappa shape index (κ2) is 5.81. The summed E-state index contributed by atoms with van der Waals surface area (Å²) >= 11 is 1.35. The number of urea groups is 1. The zero-order chi connectivity index (χ0) is 13.0. The molecular formula is C11H15N3O3S. The van der Waals surface area contributed by atoms with Gasteiger partial charge in [0, 0.05) is 17.8 Å². The number of carbonyl (C=O) groups excluding carboxylic acids is 1. The fraction of sp³-hybridized carbons (Fsp3) is 0.545. The van der Waals surface area contributed by atoms with Crippen LogP contribution in [0, 0.1) is 0 Å². The van der Waals surface area contributed by atoms with E-state index < -0.39 is 5.97 Å². The highest BCUT2D eigenvalue weighted by Gasteiger charge is 2.23. The first kappa shape index (κ1) is 12.8. The van der Waals surface area contributed by atoms with Crippen LogP contribution in [0.1, 0.15) is 31.4 Å².